The number of benzene rings is 2. The number of amides is 2. The average Bonchev–Trinajstić information content (AvgIpc) is 3.20. The van der Waals surface area contributed by atoms with Gasteiger partial charge in [-0.25, -0.2) is 0 Å². The lowest BCUT2D eigenvalue weighted by Crippen LogP contribution is -2.49. The Labute approximate surface area is 214 Å². The van der Waals surface area contributed by atoms with Crippen molar-refractivity contribution in [3.8, 4) is 0 Å². The summed E-state index contributed by atoms with van der Waals surface area (Å²) in [5.41, 5.74) is 3.42. The number of carbonyl (C=O) groups excluding carboxylic acids is 2. The van der Waals surface area contributed by atoms with Crippen molar-refractivity contribution in [1.29, 1.82) is 0 Å². The molecule has 0 spiro atoms. The smallest absolute Gasteiger partial charge is 0.258 e. The van der Waals surface area contributed by atoms with Gasteiger partial charge in [-0.15, -0.1) is 11.8 Å². The fourth-order valence-corrected chi connectivity index (χ4v) is 5.96. The number of nitrogens with zero attached hydrogens (tertiary/aromatic N) is 4. The van der Waals surface area contributed by atoms with Gasteiger partial charge in [0.25, 0.3) is 5.91 Å². The van der Waals surface area contributed by atoms with Crippen LogP contribution in [0.15, 0.2) is 53.5 Å². The van der Waals surface area contributed by atoms with Gasteiger partial charge in [-0.05, 0) is 43.7 Å². The molecule has 3 aromatic rings. The first-order valence-electron chi connectivity index (χ1n) is 12.0. The highest BCUT2D eigenvalue weighted by atomic mass is 32.2. The van der Waals surface area contributed by atoms with Crippen LogP contribution in [0.5, 0.6) is 0 Å². The van der Waals surface area contributed by atoms with Crippen LogP contribution in [-0.4, -0.2) is 72.2 Å². The second-order valence-electron chi connectivity index (χ2n) is 8.41. The van der Waals surface area contributed by atoms with Gasteiger partial charge < -0.3 is 19.1 Å². The SMILES string of the molecule is CCOCCn1c(=NC(=O)CSCC(=O)N2CCN(c3ccccc3)CC2)sc2cc(C)ccc21. The summed E-state index contributed by atoms with van der Waals surface area (Å²) in [5.74, 6) is 0.349. The summed E-state index contributed by atoms with van der Waals surface area (Å²) in [6, 6.07) is 16.5. The zero-order chi connectivity index (χ0) is 24.6. The Kier molecular flexibility index (Phi) is 9.01. The van der Waals surface area contributed by atoms with Gasteiger partial charge >= 0.3 is 0 Å². The van der Waals surface area contributed by atoms with E-state index in [2.05, 4.69) is 51.7 Å². The standard InChI is InChI=1S/C26H32N4O3S2/c1-3-33-16-15-30-22-10-9-20(2)17-23(22)35-26(30)27-24(31)18-34-19-25(32)29-13-11-28(12-14-29)21-7-5-4-6-8-21/h4-10,17H,3,11-16,18-19H2,1-2H3. The van der Waals surface area contributed by atoms with E-state index < -0.39 is 0 Å². The molecule has 35 heavy (non-hydrogen) atoms. The summed E-state index contributed by atoms with van der Waals surface area (Å²) < 4.78 is 8.68. The molecule has 0 atom stereocenters. The van der Waals surface area contributed by atoms with Crippen LogP contribution in [0, 0.1) is 6.92 Å². The Hall–Kier alpha value is -2.62. The van der Waals surface area contributed by atoms with Gasteiger partial charge in [0.1, 0.15) is 0 Å². The van der Waals surface area contributed by atoms with Crippen LogP contribution in [0.2, 0.25) is 0 Å². The number of anilines is 1. The highest BCUT2D eigenvalue weighted by molar-refractivity contribution is 8.00. The first kappa shape index (κ1) is 25.5. The van der Waals surface area contributed by atoms with Crippen molar-refractivity contribution in [3.05, 3.63) is 58.9 Å². The zero-order valence-electron chi connectivity index (χ0n) is 20.3. The predicted molar refractivity (Wildman–Crippen MR) is 144 cm³/mol. The van der Waals surface area contributed by atoms with E-state index in [1.165, 1.54) is 34.3 Å². The van der Waals surface area contributed by atoms with Crippen LogP contribution in [0.4, 0.5) is 5.69 Å². The van der Waals surface area contributed by atoms with Crippen molar-refractivity contribution in [3.63, 3.8) is 0 Å². The van der Waals surface area contributed by atoms with E-state index in [-0.39, 0.29) is 17.6 Å². The molecule has 0 bridgehead atoms. The monoisotopic (exact) mass is 512 g/mol. The first-order valence-corrected chi connectivity index (χ1v) is 13.9. The lowest BCUT2D eigenvalue weighted by molar-refractivity contribution is -0.128. The van der Waals surface area contributed by atoms with Gasteiger partial charge in [-0.3, -0.25) is 9.59 Å². The molecule has 1 aromatic heterocycles. The molecule has 4 rings (SSSR count). The number of hydrogen-bond acceptors (Lipinski definition) is 6. The molecule has 0 unspecified atom stereocenters. The van der Waals surface area contributed by atoms with Crippen LogP contribution in [0.25, 0.3) is 10.2 Å². The molecule has 0 N–H and O–H groups in total. The van der Waals surface area contributed by atoms with Crippen molar-refractivity contribution in [2.75, 3.05) is 55.8 Å². The summed E-state index contributed by atoms with van der Waals surface area (Å²) in [6.45, 7) is 8.93. The van der Waals surface area contributed by atoms with E-state index in [9.17, 15) is 9.59 Å². The quantitative estimate of drug-likeness (QED) is 0.410. The normalized spacial score (nSPS) is 14.6. The van der Waals surface area contributed by atoms with Crippen LogP contribution in [0.1, 0.15) is 12.5 Å². The van der Waals surface area contributed by atoms with Gasteiger partial charge in [-0.2, -0.15) is 4.99 Å². The molecule has 2 heterocycles. The summed E-state index contributed by atoms with van der Waals surface area (Å²) in [4.78, 5) is 34.6. The third-order valence-corrected chi connectivity index (χ3v) is 7.87. The number of fused-ring (bicyclic) bond motifs is 1. The minimum atomic E-state index is -0.217. The maximum atomic E-state index is 12.7. The number of para-hydroxylation sites is 1. The van der Waals surface area contributed by atoms with E-state index in [0.717, 1.165) is 23.3 Å². The molecular weight excluding hydrogens is 480 g/mol. The molecule has 1 aliphatic heterocycles. The van der Waals surface area contributed by atoms with Crippen molar-refractivity contribution in [2.24, 2.45) is 4.99 Å². The molecule has 7 nitrogen and oxygen atoms in total. The molecule has 186 valence electrons. The average molecular weight is 513 g/mol. The third kappa shape index (κ3) is 6.74. The molecule has 1 fully saturated rings. The molecule has 2 aromatic carbocycles. The Morgan fingerprint density at radius 3 is 2.57 bits per heavy atom. The topological polar surface area (TPSA) is 67.1 Å². The Bertz CT molecular complexity index is 1210. The minimum Gasteiger partial charge on any atom is -0.380 e. The van der Waals surface area contributed by atoms with Crippen molar-refractivity contribution in [2.45, 2.75) is 20.4 Å². The number of thioether (sulfide) groups is 1. The summed E-state index contributed by atoms with van der Waals surface area (Å²) >= 11 is 2.85. The molecule has 9 heteroatoms. The summed E-state index contributed by atoms with van der Waals surface area (Å²) in [5, 5.41) is 0. The van der Waals surface area contributed by atoms with Crippen molar-refractivity contribution >= 4 is 50.8 Å². The van der Waals surface area contributed by atoms with Gasteiger partial charge in [-0.1, -0.05) is 35.6 Å². The number of thiazole rings is 1. The summed E-state index contributed by atoms with van der Waals surface area (Å²) in [7, 11) is 0. The van der Waals surface area contributed by atoms with Gasteiger partial charge in [0.2, 0.25) is 5.91 Å². The lowest BCUT2D eigenvalue weighted by Gasteiger charge is -2.36. The van der Waals surface area contributed by atoms with E-state index >= 15 is 0 Å². The number of piperazine rings is 1. The first-order chi connectivity index (χ1) is 17.0. The molecular formula is C26H32N4O3S2. The molecule has 0 aliphatic carbocycles. The molecule has 0 saturated carbocycles. The van der Waals surface area contributed by atoms with Gasteiger partial charge in [0, 0.05) is 45.0 Å². The molecule has 1 aliphatic rings. The predicted octanol–water partition coefficient (Wildman–Crippen LogP) is 3.56. The van der Waals surface area contributed by atoms with E-state index in [1.54, 1.807) is 0 Å². The third-order valence-electron chi connectivity index (χ3n) is 5.93. The largest absolute Gasteiger partial charge is 0.380 e. The van der Waals surface area contributed by atoms with E-state index in [4.69, 9.17) is 4.74 Å². The number of rotatable bonds is 9. The Balaban J connectivity index is 1.31. The minimum absolute atomic E-state index is 0.0830. The maximum Gasteiger partial charge on any atom is 0.258 e. The van der Waals surface area contributed by atoms with Gasteiger partial charge in [0.15, 0.2) is 4.80 Å². The Morgan fingerprint density at radius 1 is 1.06 bits per heavy atom. The Morgan fingerprint density at radius 2 is 1.83 bits per heavy atom. The lowest BCUT2D eigenvalue weighted by atomic mass is 10.2. The molecule has 1 saturated heterocycles. The second kappa shape index (κ2) is 12.4. The van der Waals surface area contributed by atoms with Crippen molar-refractivity contribution < 1.29 is 14.3 Å². The highest BCUT2D eigenvalue weighted by Gasteiger charge is 2.21. The van der Waals surface area contributed by atoms with Crippen LogP contribution in [-0.2, 0) is 20.9 Å². The number of ether oxygens (including phenoxy) is 1. The highest BCUT2D eigenvalue weighted by Crippen LogP contribution is 2.19. The van der Waals surface area contributed by atoms with Crippen molar-refractivity contribution in [1.82, 2.24) is 9.47 Å². The fourth-order valence-electron chi connectivity index (χ4n) is 4.09. The van der Waals surface area contributed by atoms with Gasteiger partial charge in [0.05, 0.1) is 28.3 Å². The zero-order valence-corrected chi connectivity index (χ0v) is 21.9. The summed E-state index contributed by atoms with van der Waals surface area (Å²) in [6.07, 6.45) is 0. The van der Waals surface area contributed by atoms with E-state index in [1.807, 2.05) is 30.0 Å². The number of aromatic nitrogens is 1. The molecule has 2 amide bonds. The fraction of sp³-hybridized carbons (Fsp3) is 0.423. The van der Waals surface area contributed by atoms with Crippen LogP contribution >= 0.6 is 23.1 Å². The van der Waals surface area contributed by atoms with Crippen LogP contribution < -0.4 is 9.70 Å². The van der Waals surface area contributed by atoms with E-state index in [0.29, 0.717) is 43.4 Å². The maximum absolute atomic E-state index is 12.7. The number of hydrogen-bond donors (Lipinski definition) is 0. The number of carbonyl (C=O) groups is 2. The second-order valence-corrected chi connectivity index (χ2v) is 10.4. The van der Waals surface area contributed by atoms with Crippen LogP contribution in [0.3, 0.4) is 0 Å². The molecule has 0 radical (unpaired) electrons. The number of aryl methyl sites for hydroxylation is 1.